The van der Waals surface area contributed by atoms with Crippen LogP contribution in [0, 0.1) is 0 Å². The van der Waals surface area contributed by atoms with E-state index in [-0.39, 0.29) is 16.7 Å². The first-order chi connectivity index (χ1) is 14.9. The van der Waals surface area contributed by atoms with Crippen LogP contribution in [-0.2, 0) is 9.84 Å². The summed E-state index contributed by atoms with van der Waals surface area (Å²) in [5.74, 6) is 1.66. The summed E-state index contributed by atoms with van der Waals surface area (Å²) in [6.07, 6.45) is 8.33. The normalized spacial score (nSPS) is 20.4. The Morgan fingerprint density at radius 1 is 1.06 bits per heavy atom. The van der Waals surface area contributed by atoms with Gasteiger partial charge in [0.25, 0.3) is 5.91 Å². The zero-order valence-electron chi connectivity index (χ0n) is 17.7. The van der Waals surface area contributed by atoms with Crippen molar-refractivity contribution in [1.82, 2.24) is 20.0 Å². The molecule has 0 aromatic carbocycles. The van der Waals surface area contributed by atoms with E-state index < -0.39 is 9.84 Å². The maximum Gasteiger partial charge on any atom is 0.276 e. The molecule has 0 bridgehead atoms. The Kier molecular flexibility index (Phi) is 5.19. The van der Waals surface area contributed by atoms with E-state index in [0.717, 1.165) is 44.5 Å². The van der Waals surface area contributed by atoms with Gasteiger partial charge in [0, 0.05) is 50.3 Å². The zero-order valence-corrected chi connectivity index (χ0v) is 18.5. The number of carbonyl (C=O) groups is 1. The Bertz CT molecular complexity index is 1080. The van der Waals surface area contributed by atoms with E-state index in [1.807, 2.05) is 0 Å². The maximum absolute atomic E-state index is 12.8. The molecular weight excluding hydrogens is 418 g/mol. The van der Waals surface area contributed by atoms with Crippen molar-refractivity contribution in [1.29, 1.82) is 0 Å². The van der Waals surface area contributed by atoms with Gasteiger partial charge in [-0.15, -0.1) is 0 Å². The van der Waals surface area contributed by atoms with Gasteiger partial charge in [0.05, 0.1) is 11.9 Å². The lowest BCUT2D eigenvalue weighted by atomic mass is 9.93. The highest BCUT2D eigenvalue weighted by Crippen LogP contribution is 2.40. The number of amides is 1. The molecular formula is C21H27N5O4S. The van der Waals surface area contributed by atoms with Crippen molar-refractivity contribution in [3.8, 4) is 0 Å². The van der Waals surface area contributed by atoms with Crippen LogP contribution < -0.4 is 4.90 Å². The van der Waals surface area contributed by atoms with E-state index in [1.165, 1.54) is 12.5 Å². The van der Waals surface area contributed by atoms with Gasteiger partial charge in [0.15, 0.2) is 15.5 Å². The quantitative estimate of drug-likeness (QED) is 0.690. The Morgan fingerprint density at radius 3 is 2.42 bits per heavy atom. The van der Waals surface area contributed by atoms with Gasteiger partial charge in [-0.2, -0.15) is 0 Å². The molecule has 5 rings (SSSR count). The van der Waals surface area contributed by atoms with Crippen molar-refractivity contribution in [3.05, 3.63) is 29.4 Å². The van der Waals surface area contributed by atoms with E-state index in [1.54, 1.807) is 11.0 Å². The molecule has 0 radical (unpaired) electrons. The molecule has 1 aliphatic carbocycles. The molecule has 1 amide bonds. The van der Waals surface area contributed by atoms with Crippen molar-refractivity contribution in [2.45, 2.75) is 55.3 Å². The van der Waals surface area contributed by atoms with Crippen molar-refractivity contribution >= 4 is 21.7 Å². The zero-order chi connectivity index (χ0) is 21.6. The number of piperidine rings is 1. The van der Waals surface area contributed by atoms with Gasteiger partial charge >= 0.3 is 0 Å². The summed E-state index contributed by atoms with van der Waals surface area (Å²) in [7, 11) is -3.44. The molecule has 10 heteroatoms. The molecule has 3 fully saturated rings. The highest BCUT2D eigenvalue weighted by Gasteiger charge is 2.33. The SMILES string of the molecule is CS(=O)(=O)c1cnc(N2CCCC2)nc1C1CCN(C(=O)c2cc(C3CC3)on2)CC1. The predicted octanol–water partition coefficient (Wildman–Crippen LogP) is 2.37. The van der Waals surface area contributed by atoms with Gasteiger partial charge in [0.2, 0.25) is 5.95 Å². The van der Waals surface area contributed by atoms with Crippen molar-refractivity contribution in [2.24, 2.45) is 0 Å². The van der Waals surface area contributed by atoms with Crippen LogP contribution in [0.4, 0.5) is 5.95 Å². The maximum atomic E-state index is 12.8. The average molecular weight is 446 g/mol. The Morgan fingerprint density at radius 2 is 1.77 bits per heavy atom. The summed E-state index contributed by atoms with van der Waals surface area (Å²) < 4.78 is 30.1. The standard InChI is InChI=1S/C21H27N5O4S/c1-31(28,29)18-13-22-21(26-8-2-3-9-26)23-19(18)15-6-10-25(11-7-15)20(27)16-12-17(30-24-16)14-4-5-14/h12-15H,2-11H2,1H3. The number of hydrogen-bond acceptors (Lipinski definition) is 8. The summed E-state index contributed by atoms with van der Waals surface area (Å²) in [5, 5.41) is 3.96. The first kappa shape index (κ1) is 20.4. The second-order valence-corrected chi connectivity index (χ2v) is 10.8. The van der Waals surface area contributed by atoms with E-state index >= 15 is 0 Å². The van der Waals surface area contributed by atoms with Gasteiger partial charge in [-0.1, -0.05) is 5.16 Å². The molecule has 166 valence electrons. The van der Waals surface area contributed by atoms with Gasteiger partial charge in [-0.3, -0.25) is 4.79 Å². The fraction of sp³-hybridized carbons (Fsp3) is 0.619. The summed E-state index contributed by atoms with van der Waals surface area (Å²) in [4.78, 5) is 26.0. The largest absolute Gasteiger partial charge is 0.360 e. The van der Waals surface area contributed by atoms with Crippen LogP contribution in [0.3, 0.4) is 0 Å². The Labute approximate surface area is 181 Å². The molecule has 2 saturated heterocycles. The highest BCUT2D eigenvalue weighted by molar-refractivity contribution is 7.90. The highest BCUT2D eigenvalue weighted by atomic mass is 32.2. The van der Waals surface area contributed by atoms with Crippen molar-refractivity contribution in [2.75, 3.05) is 37.3 Å². The molecule has 4 heterocycles. The van der Waals surface area contributed by atoms with E-state index in [9.17, 15) is 13.2 Å². The molecule has 0 atom stereocenters. The summed E-state index contributed by atoms with van der Waals surface area (Å²) in [6, 6.07) is 1.76. The van der Waals surface area contributed by atoms with Crippen LogP contribution in [0.2, 0.25) is 0 Å². The third kappa shape index (κ3) is 4.17. The van der Waals surface area contributed by atoms with E-state index in [0.29, 0.717) is 49.2 Å². The molecule has 2 aromatic heterocycles. The fourth-order valence-corrected chi connectivity index (χ4v) is 5.33. The van der Waals surface area contributed by atoms with Gasteiger partial charge < -0.3 is 14.3 Å². The van der Waals surface area contributed by atoms with E-state index in [4.69, 9.17) is 9.51 Å². The third-order valence-corrected chi connectivity index (χ3v) is 7.57. The number of sulfone groups is 1. The van der Waals surface area contributed by atoms with Crippen LogP contribution >= 0.6 is 0 Å². The van der Waals surface area contributed by atoms with Crippen LogP contribution in [0.15, 0.2) is 21.7 Å². The summed E-state index contributed by atoms with van der Waals surface area (Å²) in [6.45, 7) is 2.85. The van der Waals surface area contributed by atoms with E-state index in [2.05, 4.69) is 15.0 Å². The molecule has 3 aliphatic rings. The van der Waals surface area contributed by atoms with Crippen LogP contribution in [-0.4, -0.2) is 66.8 Å². The first-order valence-electron chi connectivity index (χ1n) is 11.0. The number of carbonyl (C=O) groups excluding carboxylic acids is 1. The second kappa shape index (κ2) is 7.89. The van der Waals surface area contributed by atoms with Gasteiger partial charge in [-0.05, 0) is 38.5 Å². The summed E-state index contributed by atoms with van der Waals surface area (Å²) in [5.41, 5.74) is 0.944. The number of hydrogen-bond donors (Lipinski definition) is 0. The smallest absolute Gasteiger partial charge is 0.276 e. The van der Waals surface area contributed by atoms with Crippen LogP contribution in [0.25, 0.3) is 0 Å². The molecule has 0 N–H and O–H groups in total. The first-order valence-corrected chi connectivity index (χ1v) is 12.9. The molecule has 1 saturated carbocycles. The fourth-order valence-electron chi connectivity index (χ4n) is 4.49. The number of nitrogens with zero attached hydrogens (tertiary/aromatic N) is 5. The lowest BCUT2D eigenvalue weighted by Crippen LogP contribution is -2.38. The molecule has 0 spiro atoms. The minimum absolute atomic E-state index is 0.0301. The minimum atomic E-state index is -3.44. The minimum Gasteiger partial charge on any atom is -0.360 e. The van der Waals surface area contributed by atoms with Gasteiger partial charge in [0.1, 0.15) is 10.7 Å². The second-order valence-electron chi connectivity index (χ2n) is 8.84. The molecule has 0 unspecified atom stereocenters. The summed E-state index contributed by atoms with van der Waals surface area (Å²) >= 11 is 0. The molecule has 2 aromatic rings. The lowest BCUT2D eigenvalue weighted by molar-refractivity contribution is 0.0700. The third-order valence-electron chi connectivity index (χ3n) is 6.45. The predicted molar refractivity (Wildman–Crippen MR) is 113 cm³/mol. The molecule has 9 nitrogen and oxygen atoms in total. The number of rotatable bonds is 5. The Balaban J connectivity index is 1.32. The van der Waals surface area contributed by atoms with Gasteiger partial charge in [-0.25, -0.2) is 18.4 Å². The number of likely N-dealkylation sites (tertiary alicyclic amines) is 1. The number of aromatic nitrogens is 3. The average Bonchev–Trinajstić information content (AvgIpc) is 3.26. The lowest BCUT2D eigenvalue weighted by Gasteiger charge is -2.32. The van der Waals surface area contributed by atoms with Crippen LogP contribution in [0.1, 0.15) is 72.3 Å². The topological polar surface area (TPSA) is 110 Å². The molecule has 31 heavy (non-hydrogen) atoms. The Hall–Kier alpha value is -2.49. The molecule has 2 aliphatic heterocycles. The van der Waals surface area contributed by atoms with Crippen molar-refractivity contribution in [3.63, 3.8) is 0 Å². The monoisotopic (exact) mass is 445 g/mol. The van der Waals surface area contributed by atoms with Crippen LogP contribution in [0.5, 0.6) is 0 Å². The van der Waals surface area contributed by atoms with Crippen molar-refractivity contribution < 1.29 is 17.7 Å². The number of anilines is 1.